The minimum Gasteiger partial charge on any atom is -0.508 e. The molecule has 13 heavy (non-hydrogen) atoms. The van der Waals surface area contributed by atoms with E-state index in [1.54, 1.807) is 6.07 Å². The molecule has 1 heteroatoms. The minimum absolute atomic E-state index is 0.352. The predicted molar refractivity (Wildman–Crippen MR) is 55.8 cm³/mol. The van der Waals surface area contributed by atoms with E-state index in [4.69, 9.17) is 0 Å². The molecule has 1 rings (SSSR count). The normalized spacial score (nSPS) is 13.4. The summed E-state index contributed by atoms with van der Waals surface area (Å²) in [5, 5.41) is 9.24. The molecule has 1 aromatic rings. The Labute approximate surface area is 79.7 Å². The maximum Gasteiger partial charge on any atom is 0.115 e. The molecule has 0 fully saturated rings. The summed E-state index contributed by atoms with van der Waals surface area (Å²) in [7, 11) is 0. The third kappa shape index (κ3) is 3.32. The lowest BCUT2D eigenvalue weighted by atomic mass is 10.0. The first-order chi connectivity index (χ1) is 6.22. The number of hydrogen-bond donors (Lipinski definition) is 1. The van der Waals surface area contributed by atoms with Gasteiger partial charge in [0.25, 0.3) is 0 Å². The lowest BCUT2D eigenvalue weighted by molar-refractivity contribution is 0.474. The van der Waals surface area contributed by atoms with Gasteiger partial charge in [0.1, 0.15) is 5.75 Å². The monoisotopic (exact) mass is 176 g/mol. The zero-order valence-corrected chi connectivity index (χ0v) is 8.20. The van der Waals surface area contributed by atoms with Crippen LogP contribution in [0.25, 0.3) is 0 Å². The number of phenols is 1. The number of hydrogen-bond acceptors (Lipinski definition) is 1. The molecule has 0 amide bonds. The molecule has 0 aromatic heterocycles. The fourth-order valence-corrected chi connectivity index (χ4v) is 1.45. The Hall–Kier alpha value is -1.24. The van der Waals surface area contributed by atoms with Crippen LogP contribution in [0.3, 0.4) is 0 Å². The van der Waals surface area contributed by atoms with Gasteiger partial charge in [-0.05, 0) is 37.0 Å². The second-order valence-corrected chi connectivity index (χ2v) is 3.38. The lowest BCUT2D eigenvalue weighted by Crippen LogP contribution is -1.95. The van der Waals surface area contributed by atoms with Crippen molar-refractivity contribution in [3.05, 3.63) is 42.0 Å². The minimum atomic E-state index is 0.352. The lowest BCUT2D eigenvalue weighted by Gasteiger charge is -2.05. The van der Waals surface area contributed by atoms with Crippen LogP contribution in [0.5, 0.6) is 5.75 Å². The molecular weight excluding hydrogens is 160 g/mol. The fourth-order valence-electron chi connectivity index (χ4n) is 1.45. The van der Waals surface area contributed by atoms with Crippen molar-refractivity contribution in [2.24, 2.45) is 5.92 Å². The number of phenolic OH excluding ortho intramolecular Hbond substituents is 1. The Morgan fingerprint density at radius 1 is 1.46 bits per heavy atom. The first kappa shape index (κ1) is 9.85. The summed E-state index contributed by atoms with van der Waals surface area (Å²) < 4.78 is 0. The van der Waals surface area contributed by atoms with Gasteiger partial charge in [0.15, 0.2) is 0 Å². The SMILES string of the molecule is C/C=C\C(C)Cc1cccc(O)c1. The molecular formula is C12H16O. The summed E-state index contributed by atoms with van der Waals surface area (Å²) in [6.45, 7) is 4.20. The van der Waals surface area contributed by atoms with E-state index in [0.717, 1.165) is 6.42 Å². The van der Waals surface area contributed by atoms with Crippen LogP contribution in [0.15, 0.2) is 36.4 Å². The summed E-state index contributed by atoms with van der Waals surface area (Å²) in [6, 6.07) is 7.44. The molecule has 1 nitrogen and oxygen atoms in total. The molecule has 0 saturated heterocycles. The van der Waals surface area contributed by atoms with Gasteiger partial charge in [0.2, 0.25) is 0 Å². The van der Waals surface area contributed by atoms with Crippen molar-refractivity contribution >= 4 is 0 Å². The van der Waals surface area contributed by atoms with E-state index in [2.05, 4.69) is 19.1 Å². The Bertz CT molecular complexity index is 289. The highest BCUT2D eigenvalue weighted by molar-refractivity contribution is 5.27. The molecule has 0 aliphatic heterocycles. The van der Waals surface area contributed by atoms with Gasteiger partial charge in [0, 0.05) is 0 Å². The van der Waals surface area contributed by atoms with Crippen LogP contribution in [0.4, 0.5) is 0 Å². The van der Waals surface area contributed by atoms with Gasteiger partial charge in [-0.3, -0.25) is 0 Å². The van der Waals surface area contributed by atoms with Gasteiger partial charge in [0.05, 0.1) is 0 Å². The van der Waals surface area contributed by atoms with Gasteiger partial charge in [-0.25, -0.2) is 0 Å². The molecule has 1 unspecified atom stereocenters. The Morgan fingerprint density at radius 3 is 2.85 bits per heavy atom. The Morgan fingerprint density at radius 2 is 2.23 bits per heavy atom. The molecule has 1 N–H and O–H groups in total. The van der Waals surface area contributed by atoms with Gasteiger partial charge < -0.3 is 5.11 Å². The van der Waals surface area contributed by atoms with Gasteiger partial charge in [-0.1, -0.05) is 31.2 Å². The average Bonchev–Trinajstić information content (AvgIpc) is 2.04. The van der Waals surface area contributed by atoms with Gasteiger partial charge >= 0.3 is 0 Å². The smallest absolute Gasteiger partial charge is 0.115 e. The average molecular weight is 176 g/mol. The van der Waals surface area contributed by atoms with Crippen LogP contribution in [0.2, 0.25) is 0 Å². The second kappa shape index (κ2) is 4.70. The first-order valence-electron chi connectivity index (χ1n) is 4.63. The molecule has 0 saturated carbocycles. The summed E-state index contributed by atoms with van der Waals surface area (Å²) in [5.74, 6) is 0.886. The van der Waals surface area contributed by atoms with E-state index in [1.807, 2.05) is 25.1 Å². The highest BCUT2D eigenvalue weighted by atomic mass is 16.3. The first-order valence-corrected chi connectivity index (χ1v) is 4.63. The second-order valence-electron chi connectivity index (χ2n) is 3.38. The van der Waals surface area contributed by atoms with Crippen LogP contribution in [-0.4, -0.2) is 5.11 Å². The maximum atomic E-state index is 9.24. The molecule has 0 heterocycles. The van der Waals surface area contributed by atoms with Crippen molar-refractivity contribution in [3.63, 3.8) is 0 Å². The molecule has 0 aliphatic rings. The highest BCUT2D eigenvalue weighted by Crippen LogP contribution is 2.15. The van der Waals surface area contributed by atoms with E-state index >= 15 is 0 Å². The van der Waals surface area contributed by atoms with Crippen molar-refractivity contribution in [2.45, 2.75) is 20.3 Å². The van der Waals surface area contributed by atoms with Crippen LogP contribution >= 0.6 is 0 Å². The van der Waals surface area contributed by atoms with E-state index in [0.29, 0.717) is 11.7 Å². The summed E-state index contributed by atoms with van der Waals surface area (Å²) in [6.07, 6.45) is 5.22. The largest absolute Gasteiger partial charge is 0.508 e. The van der Waals surface area contributed by atoms with Crippen molar-refractivity contribution in [1.82, 2.24) is 0 Å². The summed E-state index contributed by atoms with van der Waals surface area (Å²) >= 11 is 0. The Balaban J connectivity index is 2.63. The highest BCUT2D eigenvalue weighted by Gasteiger charge is 1.99. The fraction of sp³-hybridized carbons (Fsp3) is 0.333. The molecule has 70 valence electrons. The molecule has 0 radical (unpaired) electrons. The topological polar surface area (TPSA) is 20.2 Å². The van der Waals surface area contributed by atoms with E-state index in [9.17, 15) is 5.11 Å². The molecule has 0 aliphatic carbocycles. The summed E-state index contributed by atoms with van der Waals surface area (Å²) in [5.41, 5.74) is 1.19. The Kier molecular flexibility index (Phi) is 3.56. The number of benzene rings is 1. The summed E-state index contributed by atoms with van der Waals surface area (Å²) in [4.78, 5) is 0. The standard InChI is InChI=1S/C12H16O/c1-3-5-10(2)8-11-6-4-7-12(13)9-11/h3-7,9-10,13H,8H2,1-2H3/b5-3-. The van der Waals surface area contributed by atoms with Crippen LogP contribution < -0.4 is 0 Å². The van der Waals surface area contributed by atoms with E-state index < -0.39 is 0 Å². The maximum absolute atomic E-state index is 9.24. The van der Waals surface area contributed by atoms with Crippen molar-refractivity contribution in [2.75, 3.05) is 0 Å². The van der Waals surface area contributed by atoms with Crippen molar-refractivity contribution in [3.8, 4) is 5.75 Å². The van der Waals surface area contributed by atoms with Crippen LogP contribution in [0.1, 0.15) is 19.4 Å². The van der Waals surface area contributed by atoms with Crippen LogP contribution in [-0.2, 0) is 6.42 Å². The van der Waals surface area contributed by atoms with Crippen LogP contribution in [0, 0.1) is 5.92 Å². The molecule has 1 aromatic carbocycles. The zero-order valence-electron chi connectivity index (χ0n) is 8.20. The molecule has 0 spiro atoms. The molecule has 0 bridgehead atoms. The van der Waals surface area contributed by atoms with Crippen molar-refractivity contribution in [1.29, 1.82) is 0 Å². The zero-order chi connectivity index (χ0) is 9.68. The van der Waals surface area contributed by atoms with Crippen molar-refractivity contribution < 1.29 is 5.11 Å². The number of allylic oxidation sites excluding steroid dienone is 2. The van der Waals surface area contributed by atoms with Gasteiger partial charge in [-0.15, -0.1) is 0 Å². The number of rotatable bonds is 3. The molecule has 1 atom stereocenters. The van der Waals surface area contributed by atoms with Gasteiger partial charge in [-0.2, -0.15) is 0 Å². The number of aromatic hydroxyl groups is 1. The third-order valence-electron chi connectivity index (χ3n) is 1.99. The van der Waals surface area contributed by atoms with E-state index in [-0.39, 0.29) is 0 Å². The quantitative estimate of drug-likeness (QED) is 0.701. The predicted octanol–water partition coefficient (Wildman–Crippen LogP) is 3.15. The third-order valence-corrected chi connectivity index (χ3v) is 1.99. The van der Waals surface area contributed by atoms with E-state index in [1.165, 1.54) is 5.56 Å².